The highest BCUT2D eigenvalue weighted by Gasteiger charge is 2.38. The van der Waals surface area contributed by atoms with Crippen LogP contribution in [0.25, 0.3) is 0 Å². The van der Waals surface area contributed by atoms with Crippen LogP contribution in [0.1, 0.15) is 19.3 Å². The first-order chi connectivity index (χ1) is 3.65. The Morgan fingerprint density at radius 3 is 2.00 bits per heavy atom. The van der Waals surface area contributed by atoms with Crippen LogP contribution in [0.3, 0.4) is 0 Å². The lowest BCUT2D eigenvalue weighted by atomic mass is 9.79. The monoisotopic (exact) mass is 169 g/mol. The molecule has 0 amide bonds. The Labute approximate surface area is 65.2 Å². The smallest absolute Gasteiger partial charge is 0.241 e. The van der Waals surface area contributed by atoms with Gasteiger partial charge in [0, 0.05) is 0 Å². The van der Waals surface area contributed by atoms with Crippen LogP contribution in [0, 0.1) is 0 Å². The molecule has 2 N–H and O–H groups in total. The molecule has 0 aromatic heterocycles. The van der Waals surface area contributed by atoms with Crippen LogP contribution in [-0.2, 0) is 4.79 Å². The van der Waals surface area contributed by atoms with E-state index < -0.39 is 5.54 Å². The van der Waals surface area contributed by atoms with Crippen molar-refractivity contribution >= 4 is 29.3 Å². The molecule has 0 heterocycles. The third-order valence-electron chi connectivity index (χ3n) is 1.64. The van der Waals surface area contributed by atoms with Crippen LogP contribution >= 0.6 is 24.0 Å². The van der Waals surface area contributed by atoms with Gasteiger partial charge in [0.05, 0.1) is 5.54 Å². The minimum absolute atomic E-state index is 0. The van der Waals surface area contributed by atoms with Gasteiger partial charge in [-0.15, -0.1) is 12.4 Å². The van der Waals surface area contributed by atoms with Gasteiger partial charge in [0.15, 0.2) is 0 Å². The van der Waals surface area contributed by atoms with Gasteiger partial charge < -0.3 is 5.73 Å². The SMILES string of the molecule is Cl.NC1(C(=O)Cl)CCC1. The molecule has 1 fully saturated rings. The fourth-order valence-corrected chi connectivity index (χ4v) is 0.943. The van der Waals surface area contributed by atoms with Crippen molar-refractivity contribution in [2.24, 2.45) is 5.73 Å². The minimum Gasteiger partial charge on any atom is -0.318 e. The van der Waals surface area contributed by atoms with E-state index in [1.54, 1.807) is 0 Å². The lowest BCUT2D eigenvalue weighted by molar-refractivity contribution is -0.118. The quantitative estimate of drug-likeness (QED) is 0.597. The normalized spacial score (nSPS) is 21.6. The van der Waals surface area contributed by atoms with Crippen LogP contribution in [0.2, 0.25) is 0 Å². The third-order valence-corrected chi connectivity index (χ3v) is 2.01. The molecule has 0 bridgehead atoms. The second-order valence-electron chi connectivity index (χ2n) is 2.28. The third kappa shape index (κ3) is 1.57. The van der Waals surface area contributed by atoms with Crippen LogP contribution in [0.4, 0.5) is 0 Å². The fourth-order valence-electron chi connectivity index (χ4n) is 0.754. The molecule has 2 nitrogen and oxygen atoms in total. The zero-order valence-corrected chi connectivity index (χ0v) is 6.47. The van der Waals surface area contributed by atoms with E-state index in [1.807, 2.05) is 0 Å². The Hall–Kier alpha value is 0.210. The number of rotatable bonds is 1. The molecule has 0 unspecified atom stereocenters. The van der Waals surface area contributed by atoms with Gasteiger partial charge in [-0.05, 0) is 30.9 Å². The van der Waals surface area contributed by atoms with Crippen molar-refractivity contribution in [1.29, 1.82) is 0 Å². The average molecular weight is 170 g/mol. The summed E-state index contributed by atoms with van der Waals surface area (Å²) in [6.07, 6.45) is 2.56. The number of hydrogen-bond donors (Lipinski definition) is 1. The molecular weight excluding hydrogens is 161 g/mol. The Bertz CT molecular complexity index is 122. The maximum atomic E-state index is 10.4. The van der Waals surface area contributed by atoms with E-state index in [9.17, 15) is 4.79 Å². The lowest BCUT2D eigenvalue weighted by Crippen LogP contribution is -2.51. The number of carbonyl (C=O) groups is 1. The van der Waals surface area contributed by atoms with Crippen molar-refractivity contribution in [3.8, 4) is 0 Å². The predicted octanol–water partition coefficient (Wildman–Crippen LogP) is 1.05. The van der Waals surface area contributed by atoms with Gasteiger partial charge in [0.2, 0.25) is 5.24 Å². The van der Waals surface area contributed by atoms with Gasteiger partial charge in [-0.25, -0.2) is 0 Å². The Morgan fingerprint density at radius 1 is 1.56 bits per heavy atom. The Balaban J connectivity index is 0.000000640. The summed E-state index contributed by atoms with van der Waals surface area (Å²) >= 11 is 5.16. The van der Waals surface area contributed by atoms with Crippen LogP contribution < -0.4 is 5.73 Å². The second-order valence-corrected chi connectivity index (χ2v) is 2.63. The average Bonchev–Trinajstić information content (AvgIpc) is 1.60. The first-order valence-corrected chi connectivity index (χ1v) is 3.02. The van der Waals surface area contributed by atoms with E-state index in [2.05, 4.69) is 0 Å². The molecule has 1 rings (SSSR count). The molecule has 1 saturated carbocycles. The van der Waals surface area contributed by atoms with Gasteiger partial charge in [0.25, 0.3) is 0 Å². The molecule has 1 aliphatic rings. The summed E-state index contributed by atoms with van der Waals surface area (Å²) < 4.78 is 0. The molecule has 0 aliphatic heterocycles. The van der Waals surface area contributed by atoms with Crippen molar-refractivity contribution in [1.82, 2.24) is 0 Å². The standard InChI is InChI=1S/C5H8ClNO.ClH/c6-4(8)5(7)2-1-3-5;/h1-3,7H2;1H. The van der Waals surface area contributed by atoms with E-state index in [-0.39, 0.29) is 17.6 Å². The van der Waals surface area contributed by atoms with E-state index in [1.165, 1.54) is 0 Å². The molecule has 0 aromatic rings. The summed E-state index contributed by atoms with van der Waals surface area (Å²) in [5.41, 5.74) is 4.81. The zero-order valence-electron chi connectivity index (χ0n) is 4.89. The van der Waals surface area contributed by atoms with Gasteiger partial charge >= 0.3 is 0 Å². The number of carbonyl (C=O) groups excluding carboxylic acids is 1. The van der Waals surface area contributed by atoms with Crippen LogP contribution in [0.5, 0.6) is 0 Å². The van der Waals surface area contributed by atoms with Crippen LogP contribution in [-0.4, -0.2) is 10.8 Å². The molecule has 0 atom stereocenters. The van der Waals surface area contributed by atoms with Crippen LogP contribution in [0.15, 0.2) is 0 Å². The molecular formula is C5H9Cl2NO. The first kappa shape index (κ1) is 9.21. The van der Waals surface area contributed by atoms with E-state index in [0.29, 0.717) is 0 Å². The summed E-state index contributed by atoms with van der Waals surface area (Å²) in [6.45, 7) is 0. The molecule has 0 radical (unpaired) electrons. The van der Waals surface area contributed by atoms with E-state index in [4.69, 9.17) is 17.3 Å². The highest BCUT2D eigenvalue weighted by atomic mass is 35.5. The molecule has 4 heteroatoms. The van der Waals surface area contributed by atoms with Gasteiger partial charge in [-0.3, -0.25) is 4.79 Å². The molecule has 9 heavy (non-hydrogen) atoms. The molecule has 1 aliphatic carbocycles. The van der Waals surface area contributed by atoms with Crippen molar-refractivity contribution < 1.29 is 4.79 Å². The molecule has 0 saturated heterocycles. The first-order valence-electron chi connectivity index (χ1n) is 2.64. The lowest BCUT2D eigenvalue weighted by Gasteiger charge is -2.33. The number of halogens is 2. The second kappa shape index (κ2) is 2.86. The molecule has 0 aromatic carbocycles. The highest BCUT2D eigenvalue weighted by molar-refractivity contribution is 6.65. The summed E-state index contributed by atoms with van der Waals surface area (Å²) in [4.78, 5) is 10.4. The van der Waals surface area contributed by atoms with Crippen molar-refractivity contribution in [2.45, 2.75) is 24.8 Å². The zero-order chi connectivity index (χ0) is 6.20. The van der Waals surface area contributed by atoms with E-state index in [0.717, 1.165) is 19.3 Å². The van der Waals surface area contributed by atoms with Crippen molar-refractivity contribution in [2.75, 3.05) is 0 Å². The maximum absolute atomic E-state index is 10.4. The summed E-state index contributed by atoms with van der Waals surface area (Å²) in [6, 6.07) is 0. The fraction of sp³-hybridized carbons (Fsp3) is 0.800. The maximum Gasteiger partial charge on any atom is 0.241 e. The Kier molecular flexibility index (Phi) is 2.93. The summed E-state index contributed by atoms with van der Waals surface area (Å²) in [5.74, 6) is 0. The van der Waals surface area contributed by atoms with Gasteiger partial charge in [0.1, 0.15) is 0 Å². The largest absolute Gasteiger partial charge is 0.318 e. The minimum atomic E-state index is -0.651. The van der Waals surface area contributed by atoms with Gasteiger partial charge in [-0.2, -0.15) is 0 Å². The topological polar surface area (TPSA) is 43.1 Å². The van der Waals surface area contributed by atoms with Gasteiger partial charge in [-0.1, -0.05) is 0 Å². The van der Waals surface area contributed by atoms with Crippen molar-refractivity contribution in [3.63, 3.8) is 0 Å². The molecule has 54 valence electrons. The predicted molar refractivity (Wildman–Crippen MR) is 38.9 cm³/mol. The number of hydrogen-bond acceptors (Lipinski definition) is 2. The van der Waals surface area contributed by atoms with E-state index >= 15 is 0 Å². The summed E-state index contributed by atoms with van der Waals surface area (Å²) in [7, 11) is 0. The summed E-state index contributed by atoms with van der Waals surface area (Å²) in [5, 5.41) is -0.385. The van der Waals surface area contributed by atoms with Crippen molar-refractivity contribution in [3.05, 3.63) is 0 Å². The number of nitrogens with two attached hydrogens (primary N) is 1. The molecule has 0 spiro atoms. The Morgan fingerprint density at radius 2 is 2.00 bits per heavy atom. The highest BCUT2D eigenvalue weighted by Crippen LogP contribution is 2.30.